The molecule has 2 N–H and O–H groups in total. The SMILES string of the molecule is O=C(CSc1nnc(-c2ccccc2)n1-c1ccc(Br)cc1)N/N=C/c1ccccc1O. The van der Waals surface area contributed by atoms with E-state index in [1.165, 1.54) is 18.0 Å². The molecule has 160 valence electrons. The second-order valence-electron chi connectivity index (χ2n) is 6.62. The van der Waals surface area contributed by atoms with Gasteiger partial charge in [0.15, 0.2) is 11.0 Å². The molecule has 0 spiro atoms. The summed E-state index contributed by atoms with van der Waals surface area (Å²) < 4.78 is 2.89. The lowest BCUT2D eigenvalue weighted by atomic mass is 10.2. The second-order valence-corrected chi connectivity index (χ2v) is 8.48. The van der Waals surface area contributed by atoms with Crippen LogP contribution in [0.3, 0.4) is 0 Å². The third-order valence-electron chi connectivity index (χ3n) is 4.41. The van der Waals surface area contributed by atoms with Gasteiger partial charge < -0.3 is 5.11 Å². The number of phenolic OH excluding ortho intramolecular Hbond substituents is 1. The molecule has 4 rings (SSSR count). The molecule has 32 heavy (non-hydrogen) atoms. The van der Waals surface area contributed by atoms with Crippen molar-refractivity contribution < 1.29 is 9.90 Å². The monoisotopic (exact) mass is 507 g/mol. The molecular formula is C23H18BrN5O2S. The van der Waals surface area contributed by atoms with Gasteiger partial charge in [-0.1, -0.05) is 70.2 Å². The van der Waals surface area contributed by atoms with Gasteiger partial charge in [0.25, 0.3) is 5.91 Å². The molecule has 1 heterocycles. The molecule has 0 atom stereocenters. The van der Waals surface area contributed by atoms with Crippen molar-refractivity contribution in [2.24, 2.45) is 5.10 Å². The quantitative estimate of drug-likeness (QED) is 0.216. The first-order valence-electron chi connectivity index (χ1n) is 9.61. The molecule has 0 aliphatic rings. The average Bonchev–Trinajstić information content (AvgIpc) is 3.24. The molecule has 1 amide bonds. The molecule has 0 unspecified atom stereocenters. The van der Waals surface area contributed by atoms with Crippen LogP contribution in [0, 0.1) is 0 Å². The van der Waals surface area contributed by atoms with Crippen molar-refractivity contribution in [3.8, 4) is 22.8 Å². The lowest BCUT2D eigenvalue weighted by Gasteiger charge is -2.10. The largest absolute Gasteiger partial charge is 0.507 e. The van der Waals surface area contributed by atoms with Crippen LogP contribution in [0.15, 0.2) is 93.6 Å². The van der Waals surface area contributed by atoms with Gasteiger partial charge in [0.1, 0.15) is 5.75 Å². The zero-order chi connectivity index (χ0) is 22.3. The summed E-state index contributed by atoms with van der Waals surface area (Å²) >= 11 is 4.72. The Kier molecular flexibility index (Phi) is 6.98. The van der Waals surface area contributed by atoms with Gasteiger partial charge in [-0.05, 0) is 36.4 Å². The number of phenols is 1. The van der Waals surface area contributed by atoms with Crippen molar-refractivity contribution in [1.82, 2.24) is 20.2 Å². The van der Waals surface area contributed by atoms with Crippen molar-refractivity contribution in [3.63, 3.8) is 0 Å². The average molecular weight is 508 g/mol. The lowest BCUT2D eigenvalue weighted by Crippen LogP contribution is -2.20. The standard InChI is InChI=1S/C23H18BrN5O2S/c24-18-10-12-19(13-11-18)29-22(16-6-2-1-3-7-16)27-28-23(29)32-15-21(31)26-25-14-17-8-4-5-9-20(17)30/h1-14,30H,15H2,(H,26,31)/b25-14+. The Morgan fingerprint density at radius 1 is 1.03 bits per heavy atom. The summed E-state index contributed by atoms with van der Waals surface area (Å²) in [6.45, 7) is 0. The topological polar surface area (TPSA) is 92.4 Å². The van der Waals surface area contributed by atoms with E-state index in [1.807, 2.05) is 59.2 Å². The summed E-state index contributed by atoms with van der Waals surface area (Å²) in [7, 11) is 0. The van der Waals surface area contributed by atoms with E-state index in [4.69, 9.17) is 0 Å². The fourth-order valence-corrected chi connectivity index (χ4v) is 3.90. The number of benzene rings is 3. The molecule has 0 saturated heterocycles. The van der Waals surface area contributed by atoms with E-state index in [1.54, 1.807) is 24.3 Å². The first kappa shape index (κ1) is 21.8. The summed E-state index contributed by atoms with van der Waals surface area (Å²) in [4.78, 5) is 12.3. The van der Waals surface area contributed by atoms with Crippen molar-refractivity contribution in [1.29, 1.82) is 0 Å². The van der Waals surface area contributed by atoms with Crippen LogP contribution in [0.5, 0.6) is 5.75 Å². The predicted octanol–water partition coefficient (Wildman–Crippen LogP) is 4.64. The molecule has 7 nitrogen and oxygen atoms in total. The number of amides is 1. The number of hydrogen-bond donors (Lipinski definition) is 2. The number of thioether (sulfide) groups is 1. The maximum Gasteiger partial charge on any atom is 0.250 e. The van der Waals surface area contributed by atoms with Crippen LogP contribution >= 0.6 is 27.7 Å². The minimum atomic E-state index is -0.298. The number of hydrogen-bond acceptors (Lipinski definition) is 6. The molecule has 0 fully saturated rings. The zero-order valence-corrected chi connectivity index (χ0v) is 19.1. The van der Waals surface area contributed by atoms with Gasteiger partial charge in [-0.25, -0.2) is 5.43 Å². The van der Waals surface area contributed by atoms with Gasteiger partial charge in [-0.15, -0.1) is 10.2 Å². The summed E-state index contributed by atoms with van der Waals surface area (Å²) in [6, 6.07) is 24.3. The smallest absolute Gasteiger partial charge is 0.250 e. The third kappa shape index (κ3) is 5.24. The minimum absolute atomic E-state index is 0.0934. The minimum Gasteiger partial charge on any atom is -0.507 e. The number of aromatic nitrogens is 3. The number of hydrazone groups is 1. The molecule has 3 aromatic carbocycles. The van der Waals surface area contributed by atoms with Gasteiger partial charge in [0, 0.05) is 21.3 Å². The van der Waals surface area contributed by atoms with E-state index >= 15 is 0 Å². The highest BCUT2D eigenvalue weighted by atomic mass is 79.9. The molecule has 0 radical (unpaired) electrons. The third-order valence-corrected chi connectivity index (χ3v) is 5.87. The van der Waals surface area contributed by atoms with Crippen LogP contribution in [-0.4, -0.2) is 37.7 Å². The summed E-state index contributed by atoms with van der Waals surface area (Å²) in [5.74, 6) is 0.583. The number of carbonyl (C=O) groups excluding carboxylic acids is 1. The Morgan fingerprint density at radius 2 is 1.75 bits per heavy atom. The van der Waals surface area contributed by atoms with Crippen molar-refractivity contribution in [3.05, 3.63) is 88.9 Å². The first-order chi connectivity index (χ1) is 15.6. The Bertz CT molecular complexity index is 1240. The molecule has 0 aliphatic carbocycles. The van der Waals surface area contributed by atoms with Gasteiger partial charge >= 0.3 is 0 Å². The van der Waals surface area contributed by atoms with Crippen LogP contribution in [-0.2, 0) is 4.79 Å². The highest BCUT2D eigenvalue weighted by molar-refractivity contribution is 9.10. The van der Waals surface area contributed by atoms with Crippen molar-refractivity contribution in [2.45, 2.75) is 5.16 Å². The molecule has 0 bridgehead atoms. The Morgan fingerprint density at radius 3 is 2.50 bits per heavy atom. The molecular weight excluding hydrogens is 490 g/mol. The highest BCUT2D eigenvalue weighted by Gasteiger charge is 2.17. The van der Waals surface area contributed by atoms with E-state index in [-0.39, 0.29) is 17.4 Å². The maximum absolute atomic E-state index is 12.3. The fraction of sp³-hybridized carbons (Fsp3) is 0.0435. The summed E-state index contributed by atoms with van der Waals surface area (Å²) in [5, 5.41) is 22.9. The number of nitrogens with zero attached hydrogens (tertiary/aromatic N) is 4. The highest BCUT2D eigenvalue weighted by Crippen LogP contribution is 2.28. The second kappa shape index (κ2) is 10.3. The van der Waals surface area contributed by atoms with Gasteiger partial charge in [-0.3, -0.25) is 9.36 Å². The molecule has 0 saturated carbocycles. The molecule has 1 aromatic heterocycles. The predicted molar refractivity (Wildman–Crippen MR) is 129 cm³/mol. The van der Waals surface area contributed by atoms with Gasteiger partial charge in [-0.2, -0.15) is 5.10 Å². The Balaban J connectivity index is 1.51. The van der Waals surface area contributed by atoms with E-state index in [0.29, 0.717) is 16.5 Å². The fourth-order valence-electron chi connectivity index (χ4n) is 2.89. The lowest BCUT2D eigenvalue weighted by molar-refractivity contribution is -0.118. The van der Waals surface area contributed by atoms with Gasteiger partial charge in [0.2, 0.25) is 0 Å². The number of para-hydroxylation sites is 1. The zero-order valence-electron chi connectivity index (χ0n) is 16.7. The van der Waals surface area contributed by atoms with E-state index in [0.717, 1.165) is 15.7 Å². The van der Waals surface area contributed by atoms with Crippen LogP contribution in [0.25, 0.3) is 17.1 Å². The number of rotatable bonds is 7. The Hall–Kier alpha value is -3.43. The number of halogens is 1. The van der Waals surface area contributed by atoms with Crippen molar-refractivity contribution >= 4 is 39.8 Å². The number of aromatic hydroxyl groups is 1. The van der Waals surface area contributed by atoms with Crippen LogP contribution in [0.2, 0.25) is 0 Å². The maximum atomic E-state index is 12.3. The summed E-state index contributed by atoms with van der Waals surface area (Å²) in [6.07, 6.45) is 1.40. The van der Waals surface area contributed by atoms with E-state index in [2.05, 4.69) is 36.7 Å². The molecule has 9 heteroatoms. The van der Waals surface area contributed by atoms with Crippen LogP contribution in [0.4, 0.5) is 0 Å². The first-order valence-corrected chi connectivity index (χ1v) is 11.4. The van der Waals surface area contributed by atoms with E-state index in [9.17, 15) is 9.90 Å². The number of nitrogens with one attached hydrogen (secondary N) is 1. The number of carbonyl (C=O) groups is 1. The van der Waals surface area contributed by atoms with E-state index < -0.39 is 0 Å². The molecule has 0 aliphatic heterocycles. The van der Waals surface area contributed by atoms with Gasteiger partial charge in [0.05, 0.1) is 12.0 Å². The van der Waals surface area contributed by atoms with Crippen LogP contribution in [0.1, 0.15) is 5.56 Å². The van der Waals surface area contributed by atoms with Crippen LogP contribution < -0.4 is 5.43 Å². The summed E-state index contributed by atoms with van der Waals surface area (Å²) in [5.41, 5.74) is 4.79. The Labute approximate surface area is 197 Å². The van der Waals surface area contributed by atoms with Crippen molar-refractivity contribution in [2.75, 3.05) is 5.75 Å². The normalized spacial score (nSPS) is 11.0. The molecule has 4 aromatic rings.